The van der Waals surface area contributed by atoms with Gasteiger partial charge in [-0.05, 0) is 48.2 Å². The molecule has 0 aliphatic rings. The third kappa shape index (κ3) is 2.59. The molecule has 0 aliphatic carbocycles. The van der Waals surface area contributed by atoms with Gasteiger partial charge in [0.25, 0.3) is 0 Å². The van der Waals surface area contributed by atoms with Crippen LogP contribution in [0.5, 0.6) is 0 Å². The molecule has 1 heterocycles. The van der Waals surface area contributed by atoms with Crippen molar-refractivity contribution in [3.8, 4) is 0 Å². The van der Waals surface area contributed by atoms with E-state index >= 15 is 0 Å². The van der Waals surface area contributed by atoms with Gasteiger partial charge in [-0.15, -0.1) is 13.2 Å². The molecule has 0 fully saturated rings. The largest absolute Gasteiger partial charge is 0.340 e. The number of nitrogens with zero attached hydrogens (tertiary/aromatic N) is 1. The lowest BCUT2D eigenvalue weighted by Gasteiger charge is -2.05. The first kappa shape index (κ1) is 15.0. The molecule has 3 rings (SSSR count). The molecule has 112 valence electrons. The fraction of sp³-hybridized carbons (Fsp3) is 0.200. The lowest BCUT2D eigenvalue weighted by atomic mass is 10.0. The molecule has 2 aromatic carbocycles. The maximum atomic E-state index is 4.42. The SMILES string of the molecule is C=CCc1ccc2c(c1)c1cc(CC=C)ccc1n2CCS. The van der Waals surface area contributed by atoms with Crippen LogP contribution >= 0.6 is 12.6 Å². The summed E-state index contributed by atoms with van der Waals surface area (Å²) in [4.78, 5) is 0. The summed E-state index contributed by atoms with van der Waals surface area (Å²) in [7, 11) is 0. The average molecular weight is 307 g/mol. The van der Waals surface area contributed by atoms with Crippen molar-refractivity contribution >= 4 is 34.4 Å². The average Bonchev–Trinajstić information content (AvgIpc) is 2.82. The molecule has 0 spiro atoms. The second-order valence-corrected chi connectivity index (χ2v) is 6.01. The number of aromatic nitrogens is 1. The Labute approximate surface area is 137 Å². The Kier molecular flexibility index (Phi) is 4.39. The van der Waals surface area contributed by atoms with Crippen LogP contribution < -0.4 is 0 Å². The summed E-state index contributed by atoms with van der Waals surface area (Å²) in [5.74, 6) is 0.835. The molecule has 0 saturated heterocycles. The van der Waals surface area contributed by atoms with Gasteiger partial charge in [-0.2, -0.15) is 12.6 Å². The zero-order valence-corrected chi connectivity index (χ0v) is 13.7. The first-order valence-corrected chi connectivity index (χ1v) is 8.28. The highest BCUT2D eigenvalue weighted by Crippen LogP contribution is 2.31. The van der Waals surface area contributed by atoms with Crippen LogP contribution in [0.4, 0.5) is 0 Å². The highest BCUT2D eigenvalue weighted by molar-refractivity contribution is 7.80. The molecular formula is C20H21NS. The Bertz CT molecular complexity index is 774. The van der Waals surface area contributed by atoms with E-state index < -0.39 is 0 Å². The predicted molar refractivity (Wildman–Crippen MR) is 101 cm³/mol. The van der Waals surface area contributed by atoms with Gasteiger partial charge in [-0.1, -0.05) is 24.3 Å². The van der Waals surface area contributed by atoms with Crippen LogP contribution in [-0.2, 0) is 19.4 Å². The second-order valence-electron chi connectivity index (χ2n) is 5.56. The summed E-state index contributed by atoms with van der Waals surface area (Å²) >= 11 is 4.42. The molecule has 0 unspecified atom stereocenters. The maximum absolute atomic E-state index is 4.42. The molecule has 0 aliphatic heterocycles. The van der Waals surface area contributed by atoms with Crippen molar-refractivity contribution in [1.29, 1.82) is 0 Å². The van der Waals surface area contributed by atoms with Crippen molar-refractivity contribution in [2.45, 2.75) is 19.4 Å². The summed E-state index contributed by atoms with van der Waals surface area (Å²) in [6.07, 6.45) is 5.72. The van der Waals surface area contributed by atoms with E-state index in [2.05, 4.69) is 66.8 Å². The van der Waals surface area contributed by atoms with E-state index in [1.165, 1.54) is 32.9 Å². The smallest absolute Gasteiger partial charge is 0.0491 e. The summed E-state index contributed by atoms with van der Waals surface area (Å²) < 4.78 is 2.37. The summed E-state index contributed by atoms with van der Waals surface area (Å²) in [6.45, 7) is 8.61. The van der Waals surface area contributed by atoms with Gasteiger partial charge in [0.15, 0.2) is 0 Å². The van der Waals surface area contributed by atoms with E-state index in [1.54, 1.807) is 0 Å². The Morgan fingerprint density at radius 1 is 0.864 bits per heavy atom. The van der Waals surface area contributed by atoms with Gasteiger partial charge in [0.2, 0.25) is 0 Å². The Morgan fingerprint density at radius 2 is 1.36 bits per heavy atom. The van der Waals surface area contributed by atoms with Gasteiger partial charge in [-0.25, -0.2) is 0 Å². The van der Waals surface area contributed by atoms with Gasteiger partial charge < -0.3 is 4.57 Å². The van der Waals surface area contributed by atoms with Gasteiger partial charge >= 0.3 is 0 Å². The number of fused-ring (bicyclic) bond motifs is 3. The van der Waals surface area contributed by atoms with Crippen molar-refractivity contribution in [2.24, 2.45) is 0 Å². The predicted octanol–water partition coefficient (Wildman–Crippen LogP) is 5.18. The number of hydrogen-bond acceptors (Lipinski definition) is 1. The van der Waals surface area contributed by atoms with E-state index in [0.29, 0.717) is 0 Å². The van der Waals surface area contributed by atoms with Gasteiger partial charge in [0, 0.05) is 34.1 Å². The van der Waals surface area contributed by atoms with Crippen LogP contribution in [0.1, 0.15) is 11.1 Å². The van der Waals surface area contributed by atoms with Crippen molar-refractivity contribution < 1.29 is 0 Å². The fourth-order valence-electron chi connectivity index (χ4n) is 3.13. The van der Waals surface area contributed by atoms with E-state index in [9.17, 15) is 0 Å². The van der Waals surface area contributed by atoms with E-state index in [1.807, 2.05) is 12.2 Å². The monoisotopic (exact) mass is 307 g/mol. The summed E-state index contributed by atoms with van der Waals surface area (Å²) in [5, 5.41) is 2.64. The van der Waals surface area contributed by atoms with Gasteiger partial charge in [0.05, 0.1) is 0 Å². The van der Waals surface area contributed by atoms with Crippen LogP contribution in [0.2, 0.25) is 0 Å². The zero-order chi connectivity index (χ0) is 15.5. The van der Waals surface area contributed by atoms with Crippen LogP contribution in [0, 0.1) is 0 Å². The lowest BCUT2D eigenvalue weighted by Crippen LogP contribution is -1.98. The molecule has 0 N–H and O–H groups in total. The normalized spacial score (nSPS) is 11.1. The quantitative estimate of drug-likeness (QED) is 0.473. The third-order valence-corrected chi connectivity index (χ3v) is 4.28. The molecule has 0 bridgehead atoms. The Balaban J connectivity index is 2.31. The van der Waals surface area contributed by atoms with Crippen LogP contribution in [-0.4, -0.2) is 10.3 Å². The molecule has 1 nitrogen and oxygen atoms in total. The highest BCUT2D eigenvalue weighted by atomic mass is 32.1. The molecule has 2 heteroatoms. The molecular weight excluding hydrogens is 286 g/mol. The minimum atomic E-state index is 0.835. The first-order chi connectivity index (χ1) is 10.8. The second kappa shape index (κ2) is 6.45. The molecule has 3 aromatic rings. The van der Waals surface area contributed by atoms with Gasteiger partial charge in [-0.3, -0.25) is 0 Å². The topological polar surface area (TPSA) is 4.93 Å². The molecule has 0 amide bonds. The fourth-order valence-corrected chi connectivity index (χ4v) is 3.33. The number of rotatable bonds is 6. The number of benzene rings is 2. The highest BCUT2D eigenvalue weighted by Gasteiger charge is 2.11. The van der Waals surface area contributed by atoms with E-state index in [-0.39, 0.29) is 0 Å². The number of aryl methyl sites for hydroxylation is 1. The number of thiol groups is 1. The van der Waals surface area contributed by atoms with Crippen molar-refractivity contribution in [3.05, 3.63) is 72.8 Å². The standard InChI is InChI=1S/C20H21NS/c1-3-5-15-7-9-19-17(13-15)18-14-16(6-4-2)8-10-20(18)21(19)11-12-22/h3-4,7-10,13-14,22H,1-2,5-6,11-12H2. The third-order valence-electron chi connectivity index (χ3n) is 4.08. The Morgan fingerprint density at radius 3 is 1.77 bits per heavy atom. The lowest BCUT2D eigenvalue weighted by molar-refractivity contribution is 0.839. The number of hydrogen-bond donors (Lipinski definition) is 1. The van der Waals surface area contributed by atoms with Gasteiger partial charge in [0.1, 0.15) is 0 Å². The molecule has 22 heavy (non-hydrogen) atoms. The first-order valence-electron chi connectivity index (χ1n) is 7.65. The summed E-state index contributed by atoms with van der Waals surface area (Å²) in [6, 6.07) is 13.4. The van der Waals surface area contributed by atoms with E-state index in [0.717, 1.165) is 25.1 Å². The molecule has 0 atom stereocenters. The van der Waals surface area contributed by atoms with Crippen molar-refractivity contribution in [3.63, 3.8) is 0 Å². The van der Waals surface area contributed by atoms with Crippen molar-refractivity contribution in [1.82, 2.24) is 4.57 Å². The number of allylic oxidation sites excluding steroid dienone is 2. The van der Waals surface area contributed by atoms with Crippen LogP contribution in [0.15, 0.2) is 61.7 Å². The van der Waals surface area contributed by atoms with Crippen LogP contribution in [0.3, 0.4) is 0 Å². The minimum Gasteiger partial charge on any atom is -0.340 e. The molecule has 1 aromatic heterocycles. The van der Waals surface area contributed by atoms with E-state index in [4.69, 9.17) is 0 Å². The minimum absolute atomic E-state index is 0.835. The molecule has 0 saturated carbocycles. The maximum Gasteiger partial charge on any atom is 0.0491 e. The zero-order valence-electron chi connectivity index (χ0n) is 12.8. The van der Waals surface area contributed by atoms with Crippen LogP contribution in [0.25, 0.3) is 21.8 Å². The van der Waals surface area contributed by atoms with Crippen molar-refractivity contribution in [2.75, 3.05) is 5.75 Å². The summed E-state index contributed by atoms with van der Waals surface area (Å²) in [5.41, 5.74) is 5.18. The Hall–Kier alpha value is -1.93. The molecule has 0 radical (unpaired) electrons.